The molecule has 8 heteroatoms. The Kier molecular flexibility index (Phi) is 6.01. The molecule has 4 rings (SSSR count). The van der Waals surface area contributed by atoms with Gasteiger partial charge in [-0.1, -0.05) is 18.2 Å². The van der Waals surface area contributed by atoms with Gasteiger partial charge >= 0.3 is 5.97 Å². The number of piperazine rings is 1. The second kappa shape index (κ2) is 8.87. The number of nitrogens with zero attached hydrogens (tertiary/aromatic N) is 2. The van der Waals surface area contributed by atoms with Crippen LogP contribution < -0.4 is 10.2 Å². The highest BCUT2D eigenvalue weighted by Gasteiger charge is 2.24. The number of nitrogens with one attached hydrogen (secondary N) is 1. The molecule has 0 radical (unpaired) electrons. The summed E-state index contributed by atoms with van der Waals surface area (Å²) < 4.78 is 13.2. The minimum atomic E-state index is -1.08. The highest BCUT2D eigenvalue weighted by molar-refractivity contribution is 7.17. The monoisotopic (exact) mass is 439 g/mol. The number of thiophene rings is 1. The van der Waals surface area contributed by atoms with Crippen LogP contribution in [0.25, 0.3) is 10.4 Å². The van der Waals surface area contributed by atoms with Crippen molar-refractivity contribution in [2.45, 2.75) is 0 Å². The summed E-state index contributed by atoms with van der Waals surface area (Å²) in [6, 6.07) is 14.6. The van der Waals surface area contributed by atoms with E-state index in [2.05, 4.69) is 22.2 Å². The summed E-state index contributed by atoms with van der Waals surface area (Å²) >= 11 is 1.08. The van der Waals surface area contributed by atoms with Crippen LogP contribution in [-0.2, 0) is 0 Å². The maximum Gasteiger partial charge on any atom is 0.345 e. The van der Waals surface area contributed by atoms with Gasteiger partial charge in [0.15, 0.2) is 0 Å². The van der Waals surface area contributed by atoms with Crippen LogP contribution in [0, 0.1) is 5.82 Å². The van der Waals surface area contributed by atoms with E-state index in [0.717, 1.165) is 48.8 Å². The van der Waals surface area contributed by atoms with Gasteiger partial charge in [-0.15, -0.1) is 11.3 Å². The van der Waals surface area contributed by atoms with Gasteiger partial charge in [-0.05, 0) is 43.4 Å². The lowest BCUT2D eigenvalue weighted by Gasteiger charge is -2.35. The molecule has 0 saturated carbocycles. The molecule has 1 amide bonds. The van der Waals surface area contributed by atoms with Crippen LogP contribution in [0.5, 0.6) is 0 Å². The summed E-state index contributed by atoms with van der Waals surface area (Å²) in [6.07, 6.45) is 0. The van der Waals surface area contributed by atoms with Crippen LogP contribution in [0.3, 0.4) is 0 Å². The minimum Gasteiger partial charge on any atom is -0.477 e. The van der Waals surface area contributed by atoms with Gasteiger partial charge in [0.2, 0.25) is 0 Å². The van der Waals surface area contributed by atoms with Crippen molar-refractivity contribution >= 4 is 34.6 Å². The van der Waals surface area contributed by atoms with Gasteiger partial charge in [0, 0.05) is 48.0 Å². The topological polar surface area (TPSA) is 72.9 Å². The lowest BCUT2D eigenvalue weighted by molar-refractivity contribution is 0.0702. The zero-order valence-corrected chi connectivity index (χ0v) is 17.8. The second-order valence-corrected chi connectivity index (χ2v) is 8.48. The zero-order chi connectivity index (χ0) is 22.0. The van der Waals surface area contributed by atoms with Crippen LogP contribution in [0.15, 0.2) is 54.6 Å². The molecule has 160 valence electrons. The smallest absolute Gasteiger partial charge is 0.345 e. The lowest BCUT2D eigenvalue weighted by Crippen LogP contribution is -2.44. The van der Waals surface area contributed by atoms with E-state index in [1.807, 2.05) is 24.3 Å². The number of anilines is 2. The summed E-state index contributed by atoms with van der Waals surface area (Å²) in [7, 11) is 2.08. The Morgan fingerprint density at radius 1 is 1.03 bits per heavy atom. The lowest BCUT2D eigenvalue weighted by atomic mass is 10.0. The number of amides is 1. The highest BCUT2D eigenvalue weighted by Crippen LogP contribution is 2.39. The predicted molar refractivity (Wildman–Crippen MR) is 121 cm³/mol. The SMILES string of the molecule is CN1CCN(c2ccccc2-c2sc(C(=O)O)cc2C(=O)Nc2ccc(F)cc2)CC1. The molecule has 2 N–H and O–H groups in total. The molecule has 1 saturated heterocycles. The van der Waals surface area contributed by atoms with Crippen molar-refractivity contribution in [1.29, 1.82) is 0 Å². The molecule has 6 nitrogen and oxygen atoms in total. The van der Waals surface area contributed by atoms with Gasteiger partial charge in [0.05, 0.1) is 5.56 Å². The molecule has 0 spiro atoms. The number of likely N-dealkylation sites (N-methyl/N-ethyl adjacent to an activating group) is 1. The summed E-state index contributed by atoms with van der Waals surface area (Å²) in [5, 5.41) is 12.3. The third kappa shape index (κ3) is 4.60. The van der Waals surface area contributed by atoms with Crippen molar-refractivity contribution in [2.75, 3.05) is 43.4 Å². The fourth-order valence-corrected chi connectivity index (χ4v) is 4.61. The van der Waals surface area contributed by atoms with E-state index in [1.165, 1.54) is 30.3 Å². The average molecular weight is 440 g/mol. The number of carbonyl (C=O) groups excluding carboxylic acids is 1. The first-order valence-electron chi connectivity index (χ1n) is 9.89. The Bertz CT molecular complexity index is 1110. The number of rotatable bonds is 5. The van der Waals surface area contributed by atoms with Crippen molar-refractivity contribution in [2.24, 2.45) is 0 Å². The number of carbonyl (C=O) groups is 2. The second-order valence-electron chi connectivity index (χ2n) is 7.43. The van der Waals surface area contributed by atoms with Crippen LogP contribution in [0.1, 0.15) is 20.0 Å². The Hall–Kier alpha value is -3.23. The number of benzene rings is 2. The van der Waals surface area contributed by atoms with E-state index in [-0.39, 0.29) is 10.4 Å². The van der Waals surface area contributed by atoms with E-state index in [9.17, 15) is 19.1 Å². The Labute approximate surface area is 183 Å². The Balaban J connectivity index is 1.73. The highest BCUT2D eigenvalue weighted by atomic mass is 32.1. The molecule has 1 aromatic heterocycles. The molecule has 0 aliphatic carbocycles. The van der Waals surface area contributed by atoms with E-state index in [4.69, 9.17) is 0 Å². The van der Waals surface area contributed by atoms with Crippen molar-refractivity contribution in [3.8, 4) is 10.4 Å². The van der Waals surface area contributed by atoms with E-state index < -0.39 is 17.7 Å². The number of aromatic carboxylic acids is 1. The summed E-state index contributed by atoms with van der Waals surface area (Å²) in [4.78, 5) is 29.9. The predicted octanol–water partition coefficient (Wildman–Crippen LogP) is 4.26. The maximum absolute atomic E-state index is 13.2. The number of carboxylic acid groups (broad SMARTS) is 1. The number of halogens is 1. The van der Waals surface area contributed by atoms with Gasteiger partial charge < -0.3 is 20.2 Å². The molecule has 0 bridgehead atoms. The fourth-order valence-electron chi connectivity index (χ4n) is 3.59. The first-order valence-corrected chi connectivity index (χ1v) is 10.7. The van der Waals surface area contributed by atoms with Gasteiger partial charge in [-0.25, -0.2) is 9.18 Å². The zero-order valence-electron chi connectivity index (χ0n) is 17.0. The standard InChI is InChI=1S/C23H22FN3O3S/c1-26-10-12-27(13-11-26)19-5-3-2-4-17(19)21-18(14-20(31-21)23(29)30)22(28)25-16-8-6-15(24)7-9-16/h2-9,14H,10-13H2,1H3,(H,25,28)(H,29,30). The number of carboxylic acids is 1. The quantitative estimate of drug-likeness (QED) is 0.622. The molecule has 1 aliphatic heterocycles. The van der Waals surface area contributed by atoms with Crippen molar-refractivity contribution in [3.63, 3.8) is 0 Å². The van der Waals surface area contributed by atoms with Crippen molar-refractivity contribution < 1.29 is 19.1 Å². The number of hydrogen-bond acceptors (Lipinski definition) is 5. The molecule has 0 atom stereocenters. The summed E-state index contributed by atoms with van der Waals surface area (Å²) in [6.45, 7) is 3.55. The first kappa shape index (κ1) is 21.0. The molecular formula is C23H22FN3O3S. The Morgan fingerprint density at radius 2 is 1.71 bits per heavy atom. The largest absolute Gasteiger partial charge is 0.477 e. The van der Waals surface area contributed by atoms with Crippen LogP contribution in [0.2, 0.25) is 0 Å². The minimum absolute atomic E-state index is 0.0902. The van der Waals surface area contributed by atoms with Gasteiger partial charge in [0.25, 0.3) is 5.91 Å². The third-order valence-electron chi connectivity index (χ3n) is 5.28. The third-order valence-corrected chi connectivity index (χ3v) is 6.44. The van der Waals surface area contributed by atoms with E-state index >= 15 is 0 Å². The molecule has 0 unspecified atom stereocenters. The molecule has 31 heavy (non-hydrogen) atoms. The number of para-hydroxylation sites is 1. The summed E-state index contributed by atoms with van der Waals surface area (Å²) in [5.74, 6) is -1.91. The first-order chi connectivity index (χ1) is 14.9. The van der Waals surface area contributed by atoms with Crippen LogP contribution in [-0.4, -0.2) is 55.1 Å². The normalized spacial score (nSPS) is 14.5. The molecule has 1 fully saturated rings. The molecule has 3 aromatic rings. The summed E-state index contributed by atoms with van der Waals surface area (Å²) in [5.41, 5.74) is 2.53. The average Bonchev–Trinajstić information content (AvgIpc) is 3.22. The Morgan fingerprint density at radius 3 is 2.39 bits per heavy atom. The molecule has 2 heterocycles. The fraction of sp³-hybridized carbons (Fsp3) is 0.217. The van der Waals surface area contributed by atoms with Gasteiger partial charge in [-0.2, -0.15) is 0 Å². The van der Waals surface area contributed by atoms with Crippen molar-refractivity contribution in [3.05, 3.63) is 70.9 Å². The molecule has 2 aromatic carbocycles. The number of hydrogen-bond donors (Lipinski definition) is 2. The van der Waals surface area contributed by atoms with Gasteiger partial charge in [0.1, 0.15) is 10.7 Å². The van der Waals surface area contributed by atoms with Crippen LogP contribution in [0.4, 0.5) is 15.8 Å². The van der Waals surface area contributed by atoms with E-state index in [1.54, 1.807) is 0 Å². The van der Waals surface area contributed by atoms with Crippen molar-refractivity contribution in [1.82, 2.24) is 4.90 Å². The maximum atomic E-state index is 13.2. The van der Waals surface area contributed by atoms with Crippen LogP contribution >= 0.6 is 11.3 Å². The van der Waals surface area contributed by atoms with E-state index in [0.29, 0.717) is 10.6 Å². The molecule has 1 aliphatic rings. The van der Waals surface area contributed by atoms with Gasteiger partial charge in [-0.3, -0.25) is 4.79 Å². The molecular weight excluding hydrogens is 417 g/mol.